The van der Waals surface area contributed by atoms with E-state index in [1.165, 1.54) is 6.34 Å². The first kappa shape index (κ1) is 9.25. The molecule has 0 saturated carbocycles. The highest BCUT2D eigenvalue weighted by molar-refractivity contribution is 6.02. The summed E-state index contributed by atoms with van der Waals surface area (Å²) in [5.74, 6) is 0.620. The Morgan fingerprint density at radius 3 is 2.69 bits per heavy atom. The van der Waals surface area contributed by atoms with E-state index in [1.807, 2.05) is 12.1 Å². The molecular formula is C9H10N4. The molecule has 4 nitrogen and oxygen atoms in total. The van der Waals surface area contributed by atoms with Crippen LogP contribution in [0.3, 0.4) is 0 Å². The van der Waals surface area contributed by atoms with Crippen LogP contribution in [-0.4, -0.2) is 30.9 Å². The monoisotopic (exact) mass is 174 g/mol. The highest BCUT2D eigenvalue weighted by atomic mass is 14.9. The van der Waals surface area contributed by atoms with Gasteiger partial charge in [-0.25, -0.2) is 4.99 Å². The van der Waals surface area contributed by atoms with Gasteiger partial charge in [-0.1, -0.05) is 0 Å². The zero-order valence-electron chi connectivity index (χ0n) is 7.38. The van der Waals surface area contributed by atoms with Gasteiger partial charge in [0.15, 0.2) is 5.84 Å². The third-order valence-electron chi connectivity index (χ3n) is 1.41. The molecule has 0 spiro atoms. The lowest BCUT2D eigenvalue weighted by Crippen LogP contribution is -1.96. The fourth-order valence-corrected chi connectivity index (χ4v) is 0.858. The van der Waals surface area contributed by atoms with Crippen LogP contribution in [0.1, 0.15) is 5.56 Å². The average molecular weight is 174 g/mol. The first-order chi connectivity index (χ1) is 6.38. The van der Waals surface area contributed by atoms with Crippen molar-refractivity contribution in [3.05, 3.63) is 30.1 Å². The van der Waals surface area contributed by atoms with Crippen LogP contribution in [0.5, 0.6) is 0 Å². The average Bonchev–Trinajstić information content (AvgIpc) is 2.21. The van der Waals surface area contributed by atoms with Crippen molar-refractivity contribution >= 4 is 18.9 Å². The molecule has 0 N–H and O–H groups in total. The lowest BCUT2D eigenvalue weighted by molar-refractivity contribution is 1.30. The van der Waals surface area contributed by atoms with E-state index in [4.69, 9.17) is 0 Å². The summed E-state index contributed by atoms with van der Waals surface area (Å²) in [5, 5.41) is 0. The maximum absolute atomic E-state index is 4.00. The number of aliphatic imine (C=N–C) groups is 3. The second-order valence-electron chi connectivity index (χ2n) is 2.21. The zero-order chi connectivity index (χ0) is 9.52. The lowest BCUT2D eigenvalue weighted by atomic mass is 10.2. The summed E-state index contributed by atoms with van der Waals surface area (Å²) >= 11 is 0. The SMILES string of the molecule is C=N/C=N\C(=N/C)c1ccncc1. The molecule has 0 fully saturated rings. The second kappa shape index (κ2) is 4.92. The first-order valence-electron chi connectivity index (χ1n) is 3.74. The van der Waals surface area contributed by atoms with Crippen LogP contribution in [0.15, 0.2) is 39.5 Å². The zero-order valence-corrected chi connectivity index (χ0v) is 7.38. The molecule has 0 amide bonds. The number of pyridine rings is 1. The Bertz CT molecular complexity index is 327. The Morgan fingerprint density at radius 1 is 1.46 bits per heavy atom. The molecule has 0 unspecified atom stereocenters. The molecular weight excluding hydrogens is 164 g/mol. The summed E-state index contributed by atoms with van der Waals surface area (Å²) in [6, 6.07) is 3.67. The molecule has 13 heavy (non-hydrogen) atoms. The van der Waals surface area contributed by atoms with Gasteiger partial charge in [0, 0.05) is 25.0 Å². The predicted molar refractivity (Wildman–Crippen MR) is 54.7 cm³/mol. The van der Waals surface area contributed by atoms with Crippen LogP contribution < -0.4 is 0 Å². The lowest BCUT2D eigenvalue weighted by Gasteiger charge is -1.96. The fraction of sp³-hybridized carbons (Fsp3) is 0.111. The summed E-state index contributed by atoms with van der Waals surface area (Å²) < 4.78 is 0. The number of hydrogen-bond donors (Lipinski definition) is 0. The van der Waals surface area contributed by atoms with Crippen LogP contribution in [0.4, 0.5) is 0 Å². The molecule has 1 rings (SSSR count). The molecule has 0 bridgehead atoms. The summed E-state index contributed by atoms with van der Waals surface area (Å²) in [5.41, 5.74) is 0.914. The molecule has 1 aromatic rings. The van der Waals surface area contributed by atoms with Crippen molar-refractivity contribution in [2.75, 3.05) is 7.05 Å². The maximum atomic E-state index is 4.00. The topological polar surface area (TPSA) is 50.0 Å². The van der Waals surface area contributed by atoms with Crippen molar-refractivity contribution in [2.24, 2.45) is 15.0 Å². The summed E-state index contributed by atoms with van der Waals surface area (Å²) in [7, 11) is 1.68. The van der Waals surface area contributed by atoms with Gasteiger partial charge in [-0.3, -0.25) is 15.0 Å². The van der Waals surface area contributed by atoms with Crippen LogP contribution >= 0.6 is 0 Å². The van der Waals surface area contributed by atoms with Gasteiger partial charge in [0.05, 0.1) is 0 Å². The Balaban J connectivity index is 2.92. The van der Waals surface area contributed by atoms with Crippen molar-refractivity contribution in [3.8, 4) is 0 Å². The smallest absolute Gasteiger partial charge is 0.156 e. The van der Waals surface area contributed by atoms with E-state index >= 15 is 0 Å². The van der Waals surface area contributed by atoms with Crippen molar-refractivity contribution in [2.45, 2.75) is 0 Å². The summed E-state index contributed by atoms with van der Waals surface area (Å²) in [4.78, 5) is 15.4. The van der Waals surface area contributed by atoms with Gasteiger partial charge in [0.2, 0.25) is 0 Å². The molecule has 0 aliphatic carbocycles. The number of amidine groups is 1. The number of aromatic nitrogens is 1. The van der Waals surface area contributed by atoms with Crippen molar-refractivity contribution < 1.29 is 0 Å². The molecule has 1 aromatic heterocycles. The van der Waals surface area contributed by atoms with Crippen molar-refractivity contribution in [1.82, 2.24) is 4.98 Å². The molecule has 1 heterocycles. The van der Waals surface area contributed by atoms with Gasteiger partial charge in [-0.15, -0.1) is 0 Å². The fourth-order valence-electron chi connectivity index (χ4n) is 0.858. The van der Waals surface area contributed by atoms with Crippen LogP contribution in [0, 0.1) is 0 Å². The van der Waals surface area contributed by atoms with Gasteiger partial charge < -0.3 is 0 Å². The van der Waals surface area contributed by atoms with Gasteiger partial charge in [0.25, 0.3) is 0 Å². The minimum Gasteiger partial charge on any atom is -0.270 e. The minimum atomic E-state index is 0.620. The summed E-state index contributed by atoms with van der Waals surface area (Å²) in [6.45, 7) is 3.29. The molecule has 4 heteroatoms. The molecule has 0 aliphatic heterocycles. The molecule has 0 aliphatic rings. The molecule has 0 aromatic carbocycles. The van der Waals surface area contributed by atoms with Crippen molar-refractivity contribution in [1.29, 1.82) is 0 Å². The second-order valence-corrected chi connectivity index (χ2v) is 2.21. The normalized spacial score (nSPS) is 11.9. The third kappa shape index (κ3) is 2.59. The maximum Gasteiger partial charge on any atom is 0.156 e. The number of nitrogens with zero attached hydrogens (tertiary/aromatic N) is 4. The molecule has 0 radical (unpaired) electrons. The van der Waals surface area contributed by atoms with E-state index < -0.39 is 0 Å². The largest absolute Gasteiger partial charge is 0.270 e. The van der Waals surface area contributed by atoms with Gasteiger partial charge in [-0.05, 0) is 18.9 Å². The number of rotatable bonds is 2. The Morgan fingerprint density at radius 2 is 2.15 bits per heavy atom. The van der Waals surface area contributed by atoms with E-state index in [-0.39, 0.29) is 0 Å². The standard InChI is InChI=1S/C9H10N4/c1-10-7-13-9(11-2)8-3-5-12-6-4-8/h3-7H,1H2,2H3/b11-9-,13-7-. The highest BCUT2D eigenvalue weighted by Crippen LogP contribution is 1.99. The number of hydrogen-bond acceptors (Lipinski definition) is 2. The van der Waals surface area contributed by atoms with E-state index in [0.29, 0.717) is 5.84 Å². The third-order valence-corrected chi connectivity index (χ3v) is 1.41. The Labute approximate surface area is 76.8 Å². The van der Waals surface area contributed by atoms with Gasteiger partial charge in [-0.2, -0.15) is 0 Å². The van der Waals surface area contributed by atoms with E-state index in [2.05, 4.69) is 26.7 Å². The van der Waals surface area contributed by atoms with Crippen LogP contribution in [0.2, 0.25) is 0 Å². The first-order valence-corrected chi connectivity index (χ1v) is 3.74. The Kier molecular flexibility index (Phi) is 3.50. The van der Waals surface area contributed by atoms with Crippen LogP contribution in [0.25, 0.3) is 0 Å². The molecule has 0 atom stereocenters. The predicted octanol–water partition coefficient (Wildman–Crippen LogP) is 1.19. The molecule has 0 saturated heterocycles. The van der Waals surface area contributed by atoms with E-state index in [1.54, 1.807) is 19.4 Å². The van der Waals surface area contributed by atoms with E-state index in [9.17, 15) is 0 Å². The minimum absolute atomic E-state index is 0.620. The quantitative estimate of drug-likeness (QED) is 0.490. The molecule has 66 valence electrons. The highest BCUT2D eigenvalue weighted by Gasteiger charge is 1.97. The Hall–Kier alpha value is -1.84. The van der Waals surface area contributed by atoms with Crippen molar-refractivity contribution in [3.63, 3.8) is 0 Å². The van der Waals surface area contributed by atoms with Crippen LogP contribution in [-0.2, 0) is 0 Å². The summed E-state index contributed by atoms with van der Waals surface area (Å²) in [6.07, 6.45) is 4.75. The van der Waals surface area contributed by atoms with Gasteiger partial charge in [0.1, 0.15) is 6.34 Å². The van der Waals surface area contributed by atoms with Gasteiger partial charge >= 0.3 is 0 Å². The van der Waals surface area contributed by atoms with E-state index in [0.717, 1.165) is 5.56 Å².